The molecule has 5 nitrogen and oxygen atoms in total. The predicted molar refractivity (Wildman–Crippen MR) is 119 cm³/mol. The number of hydrogen-bond acceptors (Lipinski definition) is 4. The molecule has 0 spiro atoms. The fourth-order valence-electron chi connectivity index (χ4n) is 3.07. The van der Waals surface area contributed by atoms with Gasteiger partial charge >= 0.3 is 0 Å². The Kier molecular flexibility index (Phi) is 6.57. The number of nitrogens with one attached hydrogen (secondary N) is 1. The summed E-state index contributed by atoms with van der Waals surface area (Å²) in [5, 5.41) is 3.01. The number of rotatable bonds is 8. The number of amides is 1. The number of pyridine rings is 1. The Morgan fingerprint density at radius 1 is 0.933 bits per heavy atom. The molecule has 2 aromatic heterocycles. The van der Waals surface area contributed by atoms with Crippen LogP contribution in [0.15, 0.2) is 96.7 Å². The number of hydrogen-bond donors (Lipinski definition) is 1. The second kappa shape index (κ2) is 9.89. The van der Waals surface area contributed by atoms with Crippen molar-refractivity contribution in [3.05, 3.63) is 114 Å². The number of aromatic nitrogens is 3. The van der Waals surface area contributed by atoms with Crippen LogP contribution in [0.1, 0.15) is 27.0 Å². The van der Waals surface area contributed by atoms with Crippen LogP contribution in [0.25, 0.3) is 0 Å². The van der Waals surface area contributed by atoms with Crippen molar-refractivity contribution in [2.24, 2.45) is 0 Å². The molecule has 1 N–H and O–H groups in total. The third-order valence-electron chi connectivity index (χ3n) is 4.61. The molecule has 6 heteroatoms. The van der Waals surface area contributed by atoms with Crippen molar-refractivity contribution in [3.8, 4) is 0 Å². The lowest BCUT2D eigenvalue weighted by atomic mass is 10.1. The summed E-state index contributed by atoms with van der Waals surface area (Å²) in [5.74, 6) is 0.785. The van der Waals surface area contributed by atoms with E-state index in [1.807, 2.05) is 59.4 Å². The minimum absolute atomic E-state index is 0.0705. The first-order valence-corrected chi connectivity index (χ1v) is 10.7. The monoisotopic (exact) mass is 414 g/mol. The van der Waals surface area contributed by atoms with Crippen LogP contribution in [0.4, 0.5) is 0 Å². The number of carbonyl (C=O) groups excluding carboxylic acids is 1. The van der Waals surface area contributed by atoms with Gasteiger partial charge in [-0.1, -0.05) is 30.3 Å². The SMILES string of the molecule is O=C(NCc1cccc(Cn2ccnc2)c1)c1ccc(SCc2cccnc2)cc1. The number of thioether (sulfide) groups is 1. The third-order valence-corrected chi connectivity index (χ3v) is 5.70. The first kappa shape index (κ1) is 19.9. The van der Waals surface area contributed by atoms with Gasteiger partial charge < -0.3 is 9.88 Å². The largest absolute Gasteiger partial charge is 0.348 e. The Hall–Kier alpha value is -3.38. The first-order chi connectivity index (χ1) is 14.8. The molecule has 4 rings (SSSR count). The van der Waals surface area contributed by atoms with E-state index in [1.54, 1.807) is 30.5 Å². The molecule has 0 aliphatic carbocycles. The van der Waals surface area contributed by atoms with E-state index in [0.29, 0.717) is 12.1 Å². The van der Waals surface area contributed by atoms with Crippen molar-refractivity contribution in [3.63, 3.8) is 0 Å². The van der Waals surface area contributed by atoms with E-state index in [4.69, 9.17) is 0 Å². The minimum atomic E-state index is -0.0705. The summed E-state index contributed by atoms with van der Waals surface area (Å²) in [4.78, 5) is 21.8. The fourth-order valence-corrected chi connectivity index (χ4v) is 3.90. The molecule has 0 fully saturated rings. The number of carbonyl (C=O) groups is 1. The Morgan fingerprint density at radius 3 is 2.53 bits per heavy atom. The van der Waals surface area contributed by atoms with Crippen molar-refractivity contribution < 1.29 is 4.79 Å². The van der Waals surface area contributed by atoms with Gasteiger partial charge in [0, 0.05) is 54.1 Å². The van der Waals surface area contributed by atoms with E-state index >= 15 is 0 Å². The molecule has 0 aliphatic heterocycles. The third kappa shape index (κ3) is 5.58. The lowest BCUT2D eigenvalue weighted by Crippen LogP contribution is -2.22. The van der Waals surface area contributed by atoms with Gasteiger partial charge in [-0.25, -0.2) is 4.98 Å². The molecule has 0 bridgehead atoms. The predicted octanol–water partition coefficient (Wildman–Crippen LogP) is 4.55. The molecule has 2 heterocycles. The molecule has 0 aliphatic rings. The highest BCUT2D eigenvalue weighted by Gasteiger charge is 2.06. The summed E-state index contributed by atoms with van der Waals surface area (Å²) in [7, 11) is 0. The number of imidazole rings is 1. The zero-order chi connectivity index (χ0) is 20.6. The Morgan fingerprint density at radius 2 is 1.77 bits per heavy atom. The van der Waals surface area contributed by atoms with Crippen LogP contribution in [-0.4, -0.2) is 20.4 Å². The van der Waals surface area contributed by atoms with E-state index in [9.17, 15) is 4.79 Å². The van der Waals surface area contributed by atoms with Gasteiger partial charge in [0.15, 0.2) is 0 Å². The molecule has 150 valence electrons. The summed E-state index contributed by atoms with van der Waals surface area (Å²) in [5.41, 5.74) is 4.09. The molecule has 4 aromatic rings. The molecule has 0 saturated heterocycles. The summed E-state index contributed by atoms with van der Waals surface area (Å²) in [6.45, 7) is 1.26. The Balaban J connectivity index is 1.29. The normalized spacial score (nSPS) is 10.7. The molecule has 30 heavy (non-hydrogen) atoms. The van der Waals surface area contributed by atoms with Crippen LogP contribution < -0.4 is 5.32 Å². The van der Waals surface area contributed by atoms with Gasteiger partial charge in [0.1, 0.15) is 0 Å². The number of benzene rings is 2. The van der Waals surface area contributed by atoms with Gasteiger partial charge in [-0.05, 0) is 47.0 Å². The maximum absolute atomic E-state index is 12.5. The van der Waals surface area contributed by atoms with Gasteiger partial charge in [0.25, 0.3) is 5.91 Å². The van der Waals surface area contributed by atoms with E-state index in [0.717, 1.165) is 22.8 Å². The topological polar surface area (TPSA) is 59.8 Å². The average Bonchev–Trinajstić information content (AvgIpc) is 3.30. The van der Waals surface area contributed by atoms with Crippen molar-refractivity contribution in [2.75, 3.05) is 0 Å². The molecule has 0 saturated carbocycles. The standard InChI is InChI=1S/C24H22N4OS/c29-24(22-6-8-23(9-7-22)30-17-21-5-2-10-25-14-21)27-15-19-3-1-4-20(13-19)16-28-12-11-26-18-28/h1-14,18H,15-17H2,(H,27,29). The highest BCUT2D eigenvalue weighted by molar-refractivity contribution is 7.98. The summed E-state index contributed by atoms with van der Waals surface area (Å²) >= 11 is 1.73. The average molecular weight is 415 g/mol. The van der Waals surface area contributed by atoms with Crippen LogP contribution in [0.5, 0.6) is 0 Å². The maximum Gasteiger partial charge on any atom is 0.251 e. The second-order valence-electron chi connectivity index (χ2n) is 6.91. The number of nitrogens with zero attached hydrogens (tertiary/aromatic N) is 3. The van der Waals surface area contributed by atoms with Gasteiger partial charge in [-0.3, -0.25) is 9.78 Å². The lowest BCUT2D eigenvalue weighted by Gasteiger charge is -2.09. The van der Waals surface area contributed by atoms with Gasteiger partial charge in [0.2, 0.25) is 0 Å². The van der Waals surface area contributed by atoms with E-state index in [1.165, 1.54) is 11.1 Å². The molecule has 0 atom stereocenters. The van der Waals surface area contributed by atoms with Crippen molar-refractivity contribution in [1.82, 2.24) is 19.9 Å². The van der Waals surface area contributed by atoms with Crippen LogP contribution in [0.2, 0.25) is 0 Å². The highest BCUT2D eigenvalue weighted by atomic mass is 32.2. The Labute approximate surface area is 180 Å². The molecule has 1 amide bonds. The fraction of sp³-hybridized carbons (Fsp3) is 0.125. The van der Waals surface area contributed by atoms with Crippen molar-refractivity contribution in [2.45, 2.75) is 23.7 Å². The minimum Gasteiger partial charge on any atom is -0.348 e. The zero-order valence-corrected chi connectivity index (χ0v) is 17.3. The molecule has 0 unspecified atom stereocenters. The van der Waals surface area contributed by atoms with Crippen molar-refractivity contribution >= 4 is 17.7 Å². The van der Waals surface area contributed by atoms with Crippen LogP contribution in [0, 0.1) is 0 Å². The van der Waals surface area contributed by atoms with Crippen LogP contribution >= 0.6 is 11.8 Å². The summed E-state index contributed by atoms with van der Waals surface area (Å²) in [6.07, 6.45) is 9.16. The van der Waals surface area contributed by atoms with E-state index < -0.39 is 0 Å². The van der Waals surface area contributed by atoms with Gasteiger partial charge in [-0.15, -0.1) is 11.8 Å². The van der Waals surface area contributed by atoms with Crippen molar-refractivity contribution in [1.29, 1.82) is 0 Å². The molecule has 0 radical (unpaired) electrons. The van der Waals surface area contributed by atoms with E-state index in [-0.39, 0.29) is 5.91 Å². The lowest BCUT2D eigenvalue weighted by molar-refractivity contribution is 0.0951. The zero-order valence-electron chi connectivity index (χ0n) is 16.4. The summed E-state index contributed by atoms with van der Waals surface area (Å²) in [6, 6.07) is 19.9. The van der Waals surface area contributed by atoms with Crippen LogP contribution in [0.3, 0.4) is 0 Å². The van der Waals surface area contributed by atoms with E-state index in [2.05, 4.69) is 33.5 Å². The molecular weight excluding hydrogens is 392 g/mol. The second-order valence-corrected chi connectivity index (χ2v) is 7.96. The smallest absolute Gasteiger partial charge is 0.251 e. The molecule has 2 aromatic carbocycles. The highest BCUT2D eigenvalue weighted by Crippen LogP contribution is 2.22. The quantitative estimate of drug-likeness (QED) is 0.430. The maximum atomic E-state index is 12.5. The van der Waals surface area contributed by atoms with Crippen LogP contribution in [-0.2, 0) is 18.8 Å². The van der Waals surface area contributed by atoms with Gasteiger partial charge in [0.05, 0.1) is 6.33 Å². The first-order valence-electron chi connectivity index (χ1n) is 9.70. The van der Waals surface area contributed by atoms with Gasteiger partial charge in [-0.2, -0.15) is 0 Å². The molecular formula is C24H22N4OS. The Bertz CT molecular complexity index is 1080. The summed E-state index contributed by atoms with van der Waals surface area (Å²) < 4.78 is 2.02.